The van der Waals surface area contributed by atoms with Gasteiger partial charge in [0.05, 0.1) is 24.6 Å². The van der Waals surface area contributed by atoms with Crippen LogP contribution in [-0.4, -0.2) is 25.3 Å². The number of hydrogen-bond donors (Lipinski definition) is 1. The van der Waals surface area contributed by atoms with Crippen LogP contribution in [-0.2, 0) is 11.2 Å². The lowest BCUT2D eigenvalue weighted by Crippen LogP contribution is -2.14. The van der Waals surface area contributed by atoms with E-state index in [0.717, 1.165) is 0 Å². The average molecular weight is 321 g/mol. The van der Waals surface area contributed by atoms with Gasteiger partial charge in [-0.25, -0.2) is 4.39 Å². The second-order valence-electron chi connectivity index (χ2n) is 3.83. The molecule has 6 heteroatoms. The van der Waals surface area contributed by atoms with Crippen molar-refractivity contribution in [3.8, 4) is 11.5 Å². The number of aliphatic carboxylic acids is 1. The van der Waals surface area contributed by atoms with E-state index in [-0.39, 0.29) is 17.7 Å². The standard InChI is InChI=1S/C12H14BrFO4/c1-6(12(15)16)4-7-8(14)5-9(17-2)11(18-3)10(7)13/h5-6H,4H2,1-3H3,(H,15,16). The minimum absolute atomic E-state index is 0.0715. The van der Waals surface area contributed by atoms with Gasteiger partial charge < -0.3 is 14.6 Å². The molecule has 1 rings (SSSR count). The second kappa shape index (κ2) is 6.04. The number of methoxy groups -OCH3 is 2. The Morgan fingerprint density at radius 1 is 1.50 bits per heavy atom. The molecule has 0 saturated heterocycles. The number of benzene rings is 1. The zero-order valence-electron chi connectivity index (χ0n) is 10.3. The van der Waals surface area contributed by atoms with Gasteiger partial charge in [0.25, 0.3) is 0 Å². The number of carboxylic acid groups (broad SMARTS) is 1. The van der Waals surface area contributed by atoms with Crippen LogP contribution in [0.2, 0.25) is 0 Å². The fourth-order valence-electron chi connectivity index (χ4n) is 1.54. The monoisotopic (exact) mass is 320 g/mol. The van der Waals surface area contributed by atoms with Crippen LogP contribution in [0.3, 0.4) is 0 Å². The molecule has 0 aromatic heterocycles. The molecule has 0 amide bonds. The first-order valence-electron chi connectivity index (χ1n) is 5.24. The summed E-state index contributed by atoms with van der Waals surface area (Å²) in [5.41, 5.74) is 0.266. The number of carboxylic acids is 1. The highest BCUT2D eigenvalue weighted by molar-refractivity contribution is 9.10. The molecule has 1 aromatic rings. The van der Waals surface area contributed by atoms with Gasteiger partial charge in [0, 0.05) is 11.6 Å². The first-order chi connectivity index (χ1) is 8.42. The Labute approximate surface area is 113 Å². The van der Waals surface area contributed by atoms with Crippen molar-refractivity contribution >= 4 is 21.9 Å². The topological polar surface area (TPSA) is 55.8 Å². The van der Waals surface area contributed by atoms with Gasteiger partial charge in [-0.3, -0.25) is 4.79 Å². The maximum Gasteiger partial charge on any atom is 0.306 e. The summed E-state index contributed by atoms with van der Waals surface area (Å²) in [6, 6.07) is 1.19. The van der Waals surface area contributed by atoms with E-state index < -0.39 is 17.7 Å². The van der Waals surface area contributed by atoms with E-state index in [9.17, 15) is 9.18 Å². The highest BCUT2D eigenvalue weighted by Crippen LogP contribution is 2.40. The van der Waals surface area contributed by atoms with Gasteiger partial charge in [0.1, 0.15) is 5.82 Å². The third kappa shape index (κ3) is 2.93. The molecule has 1 atom stereocenters. The van der Waals surface area contributed by atoms with E-state index in [4.69, 9.17) is 14.6 Å². The molecule has 0 spiro atoms. The molecule has 18 heavy (non-hydrogen) atoms. The fraction of sp³-hybridized carbons (Fsp3) is 0.417. The summed E-state index contributed by atoms with van der Waals surface area (Å²) in [5.74, 6) is -1.57. The quantitative estimate of drug-likeness (QED) is 0.906. The summed E-state index contributed by atoms with van der Waals surface area (Å²) < 4.78 is 24.4. The van der Waals surface area contributed by atoms with Crippen LogP contribution in [0, 0.1) is 11.7 Å². The first-order valence-corrected chi connectivity index (χ1v) is 6.03. The Kier molecular flexibility index (Phi) is 4.95. The van der Waals surface area contributed by atoms with Crippen molar-refractivity contribution in [2.24, 2.45) is 5.92 Å². The predicted molar refractivity (Wildman–Crippen MR) is 67.7 cm³/mol. The van der Waals surface area contributed by atoms with Crippen LogP contribution in [0.1, 0.15) is 12.5 Å². The molecule has 1 N–H and O–H groups in total. The van der Waals surface area contributed by atoms with Gasteiger partial charge in [-0.05, 0) is 22.4 Å². The molecule has 1 unspecified atom stereocenters. The van der Waals surface area contributed by atoms with Crippen LogP contribution in [0.25, 0.3) is 0 Å². The molecular formula is C12H14BrFO4. The SMILES string of the molecule is COc1cc(F)c(CC(C)C(=O)O)c(Br)c1OC. The Bertz CT molecular complexity index is 462. The van der Waals surface area contributed by atoms with E-state index in [2.05, 4.69) is 15.9 Å². The van der Waals surface area contributed by atoms with Gasteiger partial charge in [0.15, 0.2) is 11.5 Å². The lowest BCUT2D eigenvalue weighted by molar-refractivity contribution is -0.141. The summed E-state index contributed by atoms with van der Waals surface area (Å²) in [6.07, 6.45) is 0.0715. The van der Waals surface area contributed by atoms with E-state index in [0.29, 0.717) is 10.2 Å². The molecule has 100 valence electrons. The van der Waals surface area contributed by atoms with Crippen LogP contribution >= 0.6 is 15.9 Å². The third-order valence-corrected chi connectivity index (χ3v) is 3.43. The van der Waals surface area contributed by atoms with Crippen LogP contribution in [0.5, 0.6) is 11.5 Å². The number of carbonyl (C=O) groups is 1. The minimum atomic E-state index is -0.976. The number of hydrogen-bond acceptors (Lipinski definition) is 3. The molecule has 0 aliphatic rings. The van der Waals surface area contributed by atoms with E-state index in [1.54, 1.807) is 0 Å². The van der Waals surface area contributed by atoms with E-state index in [1.165, 1.54) is 27.2 Å². The fourth-order valence-corrected chi connectivity index (χ4v) is 2.25. The van der Waals surface area contributed by atoms with Crippen molar-refractivity contribution in [1.29, 1.82) is 0 Å². The highest BCUT2D eigenvalue weighted by Gasteiger charge is 2.22. The lowest BCUT2D eigenvalue weighted by Gasteiger charge is -2.15. The molecule has 1 aromatic carbocycles. The molecule has 0 heterocycles. The Morgan fingerprint density at radius 2 is 2.11 bits per heavy atom. The smallest absolute Gasteiger partial charge is 0.306 e. The third-order valence-electron chi connectivity index (χ3n) is 2.59. The number of halogens is 2. The molecule has 0 radical (unpaired) electrons. The zero-order chi connectivity index (χ0) is 13.9. The summed E-state index contributed by atoms with van der Waals surface area (Å²) in [4.78, 5) is 10.8. The summed E-state index contributed by atoms with van der Waals surface area (Å²) >= 11 is 3.22. The van der Waals surface area contributed by atoms with Crippen molar-refractivity contribution in [3.05, 3.63) is 21.9 Å². The van der Waals surface area contributed by atoms with E-state index >= 15 is 0 Å². The Morgan fingerprint density at radius 3 is 2.56 bits per heavy atom. The largest absolute Gasteiger partial charge is 0.493 e. The zero-order valence-corrected chi connectivity index (χ0v) is 11.9. The number of ether oxygens (including phenoxy) is 2. The molecule has 0 saturated carbocycles. The second-order valence-corrected chi connectivity index (χ2v) is 4.62. The van der Waals surface area contributed by atoms with Gasteiger partial charge in [-0.1, -0.05) is 6.92 Å². The molecule has 0 aliphatic heterocycles. The summed E-state index contributed by atoms with van der Waals surface area (Å²) in [7, 11) is 2.84. The molecule has 0 aliphatic carbocycles. The summed E-state index contributed by atoms with van der Waals surface area (Å²) in [6.45, 7) is 1.52. The van der Waals surface area contributed by atoms with E-state index in [1.807, 2.05) is 0 Å². The first kappa shape index (κ1) is 14.8. The van der Waals surface area contributed by atoms with Gasteiger partial charge in [0.2, 0.25) is 0 Å². The van der Waals surface area contributed by atoms with Crippen molar-refractivity contribution in [2.45, 2.75) is 13.3 Å². The van der Waals surface area contributed by atoms with Gasteiger partial charge in [-0.2, -0.15) is 0 Å². The maximum atomic E-state index is 13.9. The molecular weight excluding hydrogens is 307 g/mol. The normalized spacial score (nSPS) is 12.1. The lowest BCUT2D eigenvalue weighted by atomic mass is 10.0. The minimum Gasteiger partial charge on any atom is -0.493 e. The van der Waals surface area contributed by atoms with Gasteiger partial charge in [-0.15, -0.1) is 0 Å². The molecule has 0 fully saturated rings. The average Bonchev–Trinajstić information content (AvgIpc) is 2.33. The Balaban J connectivity index is 3.24. The van der Waals surface area contributed by atoms with Crippen molar-refractivity contribution in [1.82, 2.24) is 0 Å². The number of rotatable bonds is 5. The van der Waals surface area contributed by atoms with Crippen molar-refractivity contribution < 1.29 is 23.8 Å². The molecule has 4 nitrogen and oxygen atoms in total. The van der Waals surface area contributed by atoms with Crippen molar-refractivity contribution in [2.75, 3.05) is 14.2 Å². The van der Waals surface area contributed by atoms with Crippen molar-refractivity contribution in [3.63, 3.8) is 0 Å². The van der Waals surface area contributed by atoms with Crippen LogP contribution in [0.15, 0.2) is 10.5 Å². The van der Waals surface area contributed by atoms with Crippen LogP contribution < -0.4 is 9.47 Å². The summed E-state index contributed by atoms with van der Waals surface area (Å²) in [5, 5.41) is 8.86. The van der Waals surface area contributed by atoms with Gasteiger partial charge >= 0.3 is 5.97 Å². The highest BCUT2D eigenvalue weighted by atomic mass is 79.9. The Hall–Kier alpha value is -1.30. The van der Waals surface area contributed by atoms with Crippen LogP contribution in [0.4, 0.5) is 4.39 Å². The maximum absolute atomic E-state index is 13.9. The molecule has 0 bridgehead atoms. The predicted octanol–water partition coefficient (Wildman–Crippen LogP) is 2.87.